The number of nitrogens with zero attached hydrogens (tertiary/aromatic N) is 1. The van der Waals surface area contributed by atoms with Crippen molar-refractivity contribution in [1.82, 2.24) is 5.32 Å². The van der Waals surface area contributed by atoms with Gasteiger partial charge in [0.05, 0.1) is 6.54 Å². The molecule has 0 unspecified atom stereocenters. The quantitative estimate of drug-likeness (QED) is 0.632. The van der Waals surface area contributed by atoms with Gasteiger partial charge in [0.15, 0.2) is 5.17 Å². The second-order valence-corrected chi connectivity index (χ2v) is 4.46. The zero-order valence-corrected chi connectivity index (χ0v) is 8.06. The third-order valence-electron chi connectivity index (χ3n) is 2.41. The fourth-order valence-corrected chi connectivity index (χ4v) is 2.09. The van der Waals surface area contributed by atoms with E-state index >= 15 is 0 Å². The van der Waals surface area contributed by atoms with Crippen LogP contribution in [0.3, 0.4) is 0 Å². The van der Waals surface area contributed by atoms with Crippen molar-refractivity contribution in [3.05, 3.63) is 0 Å². The van der Waals surface area contributed by atoms with Crippen molar-refractivity contribution in [3.8, 4) is 0 Å². The van der Waals surface area contributed by atoms with Crippen LogP contribution in [-0.4, -0.2) is 34.1 Å². The molecule has 2 aliphatic rings. The van der Waals surface area contributed by atoms with Crippen molar-refractivity contribution in [3.63, 3.8) is 0 Å². The number of nitrogens with one attached hydrogen (secondary N) is 1. The van der Waals surface area contributed by atoms with E-state index < -0.39 is 5.60 Å². The summed E-state index contributed by atoms with van der Waals surface area (Å²) >= 11 is 1.53. The number of rotatable bonds is 1. The molecule has 2 rings (SSSR count). The molecule has 0 spiro atoms. The Kier molecular flexibility index (Phi) is 2.29. The second-order valence-electron chi connectivity index (χ2n) is 3.37. The molecule has 1 aliphatic heterocycles. The van der Waals surface area contributed by atoms with E-state index in [2.05, 4.69) is 10.3 Å². The van der Waals surface area contributed by atoms with Crippen LogP contribution in [0.1, 0.15) is 19.3 Å². The lowest BCUT2D eigenvalue weighted by Crippen LogP contribution is -2.52. The Balaban J connectivity index is 1.90. The fourth-order valence-electron chi connectivity index (χ4n) is 1.36. The molecule has 1 heterocycles. The molecule has 0 atom stereocenters. The van der Waals surface area contributed by atoms with Gasteiger partial charge in [-0.1, -0.05) is 11.8 Å². The van der Waals surface area contributed by atoms with Crippen molar-refractivity contribution in [2.75, 3.05) is 12.3 Å². The summed E-state index contributed by atoms with van der Waals surface area (Å²) in [5, 5.41) is 13.0. The Morgan fingerprint density at radius 2 is 2.38 bits per heavy atom. The van der Waals surface area contributed by atoms with Crippen LogP contribution >= 0.6 is 11.8 Å². The molecule has 0 aromatic carbocycles. The SMILES string of the molecule is O=C(NC1=NCCS1)C1(O)CCC1. The number of amidine groups is 1. The lowest BCUT2D eigenvalue weighted by molar-refractivity contribution is -0.146. The third-order valence-corrected chi connectivity index (χ3v) is 3.30. The highest BCUT2D eigenvalue weighted by atomic mass is 32.2. The number of thioether (sulfide) groups is 1. The Morgan fingerprint density at radius 3 is 2.85 bits per heavy atom. The molecule has 0 radical (unpaired) electrons. The van der Waals surface area contributed by atoms with Crippen molar-refractivity contribution in [2.24, 2.45) is 4.99 Å². The van der Waals surface area contributed by atoms with Gasteiger partial charge in [-0.3, -0.25) is 9.79 Å². The van der Waals surface area contributed by atoms with E-state index in [9.17, 15) is 9.90 Å². The summed E-state index contributed by atoms with van der Waals surface area (Å²) in [6.45, 7) is 0.763. The molecular formula is C8H12N2O2S. The molecule has 0 bridgehead atoms. The van der Waals surface area contributed by atoms with Crippen LogP contribution in [-0.2, 0) is 4.79 Å². The van der Waals surface area contributed by atoms with E-state index in [1.54, 1.807) is 0 Å². The number of aliphatic hydroxyl groups is 1. The lowest BCUT2D eigenvalue weighted by atomic mass is 9.80. The average molecular weight is 200 g/mol. The van der Waals surface area contributed by atoms with Gasteiger partial charge < -0.3 is 10.4 Å². The molecule has 4 nitrogen and oxygen atoms in total. The van der Waals surface area contributed by atoms with Gasteiger partial charge in [-0.25, -0.2) is 0 Å². The summed E-state index contributed by atoms with van der Waals surface area (Å²) in [6.07, 6.45) is 2.09. The molecule has 0 aromatic heterocycles. The van der Waals surface area contributed by atoms with Crippen LogP contribution in [0.5, 0.6) is 0 Å². The predicted molar refractivity (Wildman–Crippen MR) is 51.7 cm³/mol. The average Bonchev–Trinajstić information content (AvgIpc) is 2.52. The minimum Gasteiger partial charge on any atom is -0.380 e. The minimum atomic E-state index is -1.11. The summed E-state index contributed by atoms with van der Waals surface area (Å²) in [4.78, 5) is 15.5. The van der Waals surface area contributed by atoms with Crippen LogP contribution in [0.2, 0.25) is 0 Å². The molecule has 1 saturated carbocycles. The molecule has 1 amide bonds. The fraction of sp³-hybridized carbons (Fsp3) is 0.750. The van der Waals surface area contributed by atoms with Gasteiger partial charge in [-0.05, 0) is 19.3 Å². The van der Waals surface area contributed by atoms with E-state index in [-0.39, 0.29) is 5.91 Å². The van der Waals surface area contributed by atoms with Crippen molar-refractivity contribution >= 4 is 22.8 Å². The van der Waals surface area contributed by atoms with Crippen LogP contribution in [0.15, 0.2) is 4.99 Å². The Hall–Kier alpha value is -0.550. The van der Waals surface area contributed by atoms with E-state index in [0.717, 1.165) is 18.7 Å². The van der Waals surface area contributed by atoms with Crippen molar-refractivity contribution < 1.29 is 9.90 Å². The second kappa shape index (κ2) is 3.31. The molecule has 1 aliphatic carbocycles. The first-order valence-corrected chi connectivity index (χ1v) is 5.40. The van der Waals surface area contributed by atoms with Gasteiger partial charge >= 0.3 is 0 Å². The highest BCUT2D eigenvalue weighted by Gasteiger charge is 2.42. The highest BCUT2D eigenvalue weighted by Crippen LogP contribution is 2.31. The first-order chi connectivity index (χ1) is 6.21. The summed E-state index contributed by atoms with van der Waals surface area (Å²) in [5.41, 5.74) is -1.11. The number of carbonyl (C=O) groups excluding carboxylic acids is 1. The van der Waals surface area contributed by atoms with Crippen LogP contribution in [0.4, 0.5) is 0 Å². The Labute approximate surface area is 80.8 Å². The van der Waals surface area contributed by atoms with Crippen molar-refractivity contribution in [2.45, 2.75) is 24.9 Å². The molecule has 5 heteroatoms. The number of carbonyl (C=O) groups is 1. The maximum Gasteiger partial charge on any atom is 0.257 e. The zero-order chi connectivity index (χ0) is 9.31. The predicted octanol–water partition coefficient (Wildman–Crippen LogP) is 0.120. The monoisotopic (exact) mass is 200 g/mol. The number of hydrogen-bond donors (Lipinski definition) is 2. The number of hydrogen-bond acceptors (Lipinski definition) is 4. The molecular weight excluding hydrogens is 188 g/mol. The van der Waals surface area contributed by atoms with Gasteiger partial charge in [0, 0.05) is 5.75 Å². The largest absolute Gasteiger partial charge is 0.380 e. The standard InChI is InChI=1S/C8H12N2O2S/c11-6(8(12)2-1-3-8)10-7-9-4-5-13-7/h12H,1-5H2,(H,9,10,11). The zero-order valence-electron chi connectivity index (χ0n) is 7.25. The third kappa shape index (κ3) is 1.71. The molecule has 1 fully saturated rings. The Bertz CT molecular complexity index is 261. The summed E-state index contributed by atoms with van der Waals surface area (Å²) in [6, 6.07) is 0. The minimum absolute atomic E-state index is 0.285. The van der Waals surface area contributed by atoms with Gasteiger partial charge in [0.2, 0.25) is 0 Å². The maximum absolute atomic E-state index is 11.4. The van der Waals surface area contributed by atoms with E-state index in [1.165, 1.54) is 11.8 Å². The van der Waals surface area contributed by atoms with E-state index in [4.69, 9.17) is 0 Å². The summed E-state index contributed by atoms with van der Waals surface area (Å²) in [5.74, 6) is 0.639. The topological polar surface area (TPSA) is 61.7 Å². The normalized spacial score (nSPS) is 24.8. The highest BCUT2D eigenvalue weighted by molar-refractivity contribution is 8.14. The number of amides is 1. The lowest BCUT2D eigenvalue weighted by Gasteiger charge is -2.34. The first kappa shape index (κ1) is 9.02. The van der Waals surface area contributed by atoms with Gasteiger partial charge in [0.25, 0.3) is 5.91 Å². The molecule has 72 valence electrons. The number of aliphatic imine (C=N–C) groups is 1. The summed E-state index contributed by atoms with van der Waals surface area (Å²) in [7, 11) is 0. The molecule has 0 aromatic rings. The van der Waals surface area contributed by atoms with Crippen LogP contribution in [0, 0.1) is 0 Å². The smallest absolute Gasteiger partial charge is 0.257 e. The Morgan fingerprint density at radius 1 is 1.62 bits per heavy atom. The summed E-state index contributed by atoms with van der Waals surface area (Å²) < 4.78 is 0. The van der Waals surface area contributed by atoms with Gasteiger partial charge in [-0.2, -0.15) is 0 Å². The van der Waals surface area contributed by atoms with Crippen LogP contribution in [0.25, 0.3) is 0 Å². The molecule has 0 saturated heterocycles. The molecule has 13 heavy (non-hydrogen) atoms. The van der Waals surface area contributed by atoms with Crippen LogP contribution < -0.4 is 5.32 Å². The van der Waals surface area contributed by atoms with Gasteiger partial charge in [-0.15, -0.1) is 0 Å². The van der Waals surface area contributed by atoms with E-state index in [0.29, 0.717) is 18.0 Å². The maximum atomic E-state index is 11.4. The molecule has 2 N–H and O–H groups in total. The van der Waals surface area contributed by atoms with Crippen molar-refractivity contribution in [1.29, 1.82) is 0 Å². The van der Waals surface area contributed by atoms with Gasteiger partial charge in [0.1, 0.15) is 5.60 Å². The first-order valence-electron chi connectivity index (χ1n) is 4.42. The van der Waals surface area contributed by atoms with E-state index in [1.807, 2.05) is 0 Å².